The average Bonchev–Trinajstić information content (AvgIpc) is 3.30. The van der Waals surface area contributed by atoms with Crippen molar-refractivity contribution in [2.45, 2.75) is 33.1 Å². The number of alkyl halides is 2. The number of carbonyl (C=O) groups is 1. The minimum absolute atomic E-state index is 0.141. The molecule has 11 heteroatoms. The Hall–Kier alpha value is -3.21. The highest BCUT2D eigenvalue weighted by Gasteiger charge is 2.47. The summed E-state index contributed by atoms with van der Waals surface area (Å²) in [5.41, 5.74) is 1.15. The van der Waals surface area contributed by atoms with Crippen molar-refractivity contribution in [1.29, 1.82) is 0 Å². The summed E-state index contributed by atoms with van der Waals surface area (Å²) in [4.78, 5) is 26.0. The molecule has 3 aromatic rings. The van der Waals surface area contributed by atoms with E-state index in [1.807, 2.05) is 0 Å². The molecule has 0 bridgehead atoms. The van der Waals surface area contributed by atoms with Crippen LogP contribution in [0.25, 0.3) is 16.7 Å². The maximum atomic E-state index is 14.0. The Balaban J connectivity index is 1.63. The van der Waals surface area contributed by atoms with E-state index in [0.29, 0.717) is 22.8 Å². The molecule has 1 N–H and O–H groups in total. The summed E-state index contributed by atoms with van der Waals surface area (Å²) in [6.45, 7) is 6.88. The third-order valence-corrected chi connectivity index (χ3v) is 5.84. The van der Waals surface area contributed by atoms with Crippen LogP contribution in [0.2, 0.25) is 0 Å². The topological polar surface area (TPSA) is 98.1 Å². The van der Waals surface area contributed by atoms with Gasteiger partial charge in [-0.05, 0) is 13.3 Å². The molecule has 2 fully saturated rings. The Morgan fingerprint density at radius 2 is 2.06 bits per heavy atom. The van der Waals surface area contributed by atoms with Crippen LogP contribution in [-0.2, 0) is 15.5 Å². The van der Waals surface area contributed by atoms with Crippen molar-refractivity contribution in [3.05, 3.63) is 29.8 Å². The molecule has 9 nitrogen and oxygen atoms in total. The van der Waals surface area contributed by atoms with Crippen molar-refractivity contribution >= 4 is 28.4 Å². The first-order valence-corrected chi connectivity index (χ1v) is 10.4. The van der Waals surface area contributed by atoms with Crippen LogP contribution >= 0.6 is 0 Å². The molecule has 0 saturated carbocycles. The molecule has 2 saturated heterocycles. The van der Waals surface area contributed by atoms with E-state index in [9.17, 15) is 13.6 Å². The maximum absolute atomic E-state index is 14.0. The zero-order chi connectivity index (χ0) is 22.7. The Morgan fingerprint density at radius 3 is 2.72 bits per heavy atom. The highest BCUT2D eigenvalue weighted by atomic mass is 19.3. The minimum atomic E-state index is -3.19. The number of aryl methyl sites for hydroxylation is 1. The largest absolute Gasteiger partial charge is 0.381 e. The van der Waals surface area contributed by atoms with E-state index in [1.165, 1.54) is 11.6 Å². The molecular weight excluding hydrogens is 420 g/mol. The molecule has 3 aromatic heterocycles. The lowest BCUT2D eigenvalue weighted by Crippen LogP contribution is -2.57. The van der Waals surface area contributed by atoms with Gasteiger partial charge in [0.05, 0.1) is 17.5 Å². The Kier molecular flexibility index (Phi) is 4.63. The van der Waals surface area contributed by atoms with Crippen molar-refractivity contribution in [3.8, 4) is 5.82 Å². The predicted octanol–water partition coefficient (Wildman–Crippen LogP) is 2.82. The molecule has 2 aliphatic heterocycles. The number of amides is 1. The van der Waals surface area contributed by atoms with Crippen molar-refractivity contribution < 1.29 is 18.3 Å². The van der Waals surface area contributed by atoms with Crippen LogP contribution in [0.15, 0.2) is 18.3 Å². The van der Waals surface area contributed by atoms with Crippen molar-refractivity contribution in [3.63, 3.8) is 0 Å². The van der Waals surface area contributed by atoms with Gasteiger partial charge in [-0.25, -0.2) is 19.6 Å². The second-order valence-corrected chi connectivity index (χ2v) is 8.74. The third kappa shape index (κ3) is 3.56. The second kappa shape index (κ2) is 7.16. The zero-order valence-electron chi connectivity index (χ0n) is 18.0. The van der Waals surface area contributed by atoms with Crippen molar-refractivity contribution in [2.24, 2.45) is 5.41 Å². The lowest BCUT2D eigenvalue weighted by molar-refractivity contribution is -0.114. The summed E-state index contributed by atoms with van der Waals surface area (Å²) in [6, 6.07) is 3.27. The Labute approximate surface area is 182 Å². The molecule has 0 aromatic carbocycles. The average molecular weight is 443 g/mol. The number of ether oxygens (including phenoxy) is 1. The van der Waals surface area contributed by atoms with E-state index in [4.69, 9.17) is 9.84 Å². The van der Waals surface area contributed by atoms with Gasteiger partial charge in [0.1, 0.15) is 5.82 Å². The normalized spacial score (nSPS) is 17.7. The van der Waals surface area contributed by atoms with Crippen LogP contribution in [0.1, 0.15) is 31.8 Å². The molecule has 1 spiro atoms. The van der Waals surface area contributed by atoms with E-state index < -0.39 is 11.7 Å². The number of fused-ring (bicyclic) bond motifs is 1. The standard InChI is InChI=1S/C21H23F2N7O2/c1-12-6-17(27-19(25-12)20(3,22)23)30-15-7-16(26-13(2)31)24-8-14(15)18(28-30)29-9-21(10-29)4-5-32-11-21/h6-8H,4-5,9-11H2,1-3H3,(H,24,26,31). The van der Waals surface area contributed by atoms with Gasteiger partial charge in [0.15, 0.2) is 11.6 Å². The fourth-order valence-corrected chi connectivity index (χ4v) is 4.32. The van der Waals surface area contributed by atoms with Crippen LogP contribution in [-0.4, -0.2) is 56.9 Å². The minimum Gasteiger partial charge on any atom is -0.381 e. The van der Waals surface area contributed by atoms with Crippen LogP contribution in [0.3, 0.4) is 0 Å². The highest BCUT2D eigenvalue weighted by Crippen LogP contribution is 2.42. The summed E-state index contributed by atoms with van der Waals surface area (Å²) < 4.78 is 35.1. The molecule has 32 heavy (non-hydrogen) atoms. The van der Waals surface area contributed by atoms with Crippen molar-refractivity contribution in [2.75, 3.05) is 36.5 Å². The number of hydrogen-bond acceptors (Lipinski definition) is 7. The van der Waals surface area contributed by atoms with Gasteiger partial charge in [-0.3, -0.25) is 4.79 Å². The summed E-state index contributed by atoms with van der Waals surface area (Å²) in [5.74, 6) is -2.76. The van der Waals surface area contributed by atoms with E-state index in [2.05, 4.69) is 25.2 Å². The second-order valence-electron chi connectivity index (χ2n) is 8.74. The Bertz CT molecular complexity index is 1210. The number of hydrogen-bond donors (Lipinski definition) is 1. The Morgan fingerprint density at radius 1 is 1.28 bits per heavy atom. The van der Waals surface area contributed by atoms with Gasteiger partial charge < -0.3 is 15.0 Å². The summed E-state index contributed by atoms with van der Waals surface area (Å²) in [7, 11) is 0. The molecule has 168 valence electrons. The molecule has 0 aliphatic carbocycles. The number of carbonyl (C=O) groups excluding carboxylic acids is 1. The molecule has 0 radical (unpaired) electrons. The summed E-state index contributed by atoms with van der Waals surface area (Å²) in [5, 5.41) is 8.13. The zero-order valence-corrected chi connectivity index (χ0v) is 18.0. The van der Waals surface area contributed by atoms with Crippen LogP contribution in [0.4, 0.5) is 20.4 Å². The molecule has 0 unspecified atom stereocenters. The number of anilines is 2. The smallest absolute Gasteiger partial charge is 0.303 e. The van der Waals surface area contributed by atoms with Gasteiger partial charge in [-0.1, -0.05) is 0 Å². The number of halogens is 2. The fraction of sp³-hybridized carbons (Fsp3) is 0.476. The number of nitrogens with one attached hydrogen (secondary N) is 1. The molecule has 0 atom stereocenters. The third-order valence-electron chi connectivity index (χ3n) is 5.84. The number of aromatic nitrogens is 5. The van der Waals surface area contributed by atoms with Crippen LogP contribution < -0.4 is 10.2 Å². The molecule has 1 amide bonds. The first-order chi connectivity index (χ1) is 15.1. The van der Waals surface area contributed by atoms with Crippen LogP contribution in [0, 0.1) is 12.3 Å². The van der Waals surface area contributed by atoms with Gasteiger partial charge in [0, 0.05) is 63.0 Å². The predicted molar refractivity (Wildman–Crippen MR) is 113 cm³/mol. The van der Waals surface area contributed by atoms with Crippen molar-refractivity contribution in [1.82, 2.24) is 24.7 Å². The SMILES string of the molecule is CC(=O)Nc1cc2c(cn1)c(N1CC3(CCOC3)C1)nn2-c1cc(C)nc(C(C)(F)F)n1. The van der Waals surface area contributed by atoms with Gasteiger partial charge in [0.2, 0.25) is 11.7 Å². The molecule has 5 heterocycles. The number of pyridine rings is 1. The molecule has 2 aliphatic rings. The quantitative estimate of drug-likeness (QED) is 0.662. The lowest BCUT2D eigenvalue weighted by Gasteiger charge is -2.47. The molecule has 5 rings (SSSR count). The van der Waals surface area contributed by atoms with E-state index in [1.54, 1.807) is 25.3 Å². The van der Waals surface area contributed by atoms with Gasteiger partial charge in [-0.15, -0.1) is 5.10 Å². The fourth-order valence-electron chi connectivity index (χ4n) is 4.32. The van der Waals surface area contributed by atoms with E-state index >= 15 is 0 Å². The summed E-state index contributed by atoms with van der Waals surface area (Å²) in [6.07, 6.45) is 2.64. The number of nitrogens with zero attached hydrogens (tertiary/aromatic N) is 6. The van der Waals surface area contributed by atoms with Gasteiger partial charge in [-0.2, -0.15) is 8.78 Å². The summed E-state index contributed by atoms with van der Waals surface area (Å²) >= 11 is 0. The van der Waals surface area contributed by atoms with E-state index in [-0.39, 0.29) is 17.1 Å². The van der Waals surface area contributed by atoms with Gasteiger partial charge in [0.25, 0.3) is 0 Å². The van der Waals surface area contributed by atoms with Crippen LogP contribution in [0.5, 0.6) is 0 Å². The highest BCUT2D eigenvalue weighted by molar-refractivity contribution is 5.95. The monoisotopic (exact) mass is 443 g/mol. The maximum Gasteiger partial charge on any atom is 0.303 e. The number of rotatable bonds is 4. The van der Waals surface area contributed by atoms with E-state index in [0.717, 1.165) is 45.0 Å². The first-order valence-electron chi connectivity index (χ1n) is 10.4. The lowest BCUT2D eigenvalue weighted by atomic mass is 9.79. The first kappa shape index (κ1) is 20.7. The molecular formula is C21H23F2N7O2. The van der Waals surface area contributed by atoms with Gasteiger partial charge >= 0.3 is 5.92 Å².